The average Bonchev–Trinajstić information content (AvgIpc) is 2.96. The molecule has 0 fully saturated rings. The molecule has 0 aliphatic heterocycles. The minimum Gasteiger partial charge on any atom is -0.358 e. The lowest BCUT2D eigenvalue weighted by Gasteiger charge is -2.04. The summed E-state index contributed by atoms with van der Waals surface area (Å²) in [6, 6.07) is 14.5. The summed E-state index contributed by atoms with van der Waals surface area (Å²) in [5.41, 5.74) is 7.24. The number of nitro groups is 1. The van der Waals surface area contributed by atoms with E-state index >= 15 is 0 Å². The van der Waals surface area contributed by atoms with E-state index in [-0.39, 0.29) is 5.69 Å². The van der Waals surface area contributed by atoms with Crippen molar-refractivity contribution in [3.63, 3.8) is 0 Å². The van der Waals surface area contributed by atoms with Gasteiger partial charge in [-0.1, -0.05) is 18.2 Å². The van der Waals surface area contributed by atoms with Crippen LogP contribution in [0.3, 0.4) is 0 Å². The molecule has 0 radical (unpaired) electrons. The van der Waals surface area contributed by atoms with Crippen molar-refractivity contribution in [1.29, 1.82) is 0 Å². The van der Waals surface area contributed by atoms with Gasteiger partial charge in [-0.05, 0) is 25.1 Å². The van der Waals surface area contributed by atoms with Crippen LogP contribution in [0.5, 0.6) is 0 Å². The quantitative estimate of drug-likeness (QED) is 0.326. The van der Waals surface area contributed by atoms with Crippen LogP contribution in [0.4, 0.5) is 11.4 Å². The molecule has 0 bridgehead atoms. The highest BCUT2D eigenvalue weighted by Crippen LogP contribution is 2.25. The van der Waals surface area contributed by atoms with Crippen molar-refractivity contribution in [2.45, 2.75) is 6.92 Å². The molecule has 0 saturated carbocycles. The number of hydrogen-bond acceptors (Lipinski definition) is 5. The Balaban J connectivity index is 1.66. The minimum absolute atomic E-state index is 0.0576. The number of nitro benzene ring substituents is 1. The number of para-hydroxylation sites is 1. The highest BCUT2D eigenvalue weighted by molar-refractivity contribution is 6.01. The average molecular weight is 345 g/mol. The Morgan fingerprint density at radius 3 is 2.92 bits per heavy atom. The first kappa shape index (κ1) is 15.8. The van der Waals surface area contributed by atoms with E-state index in [0.717, 1.165) is 33.2 Å². The molecule has 4 rings (SSSR count). The Kier molecular flexibility index (Phi) is 3.81. The molecule has 0 aliphatic carbocycles. The molecular formula is C19H15N5O2. The van der Waals surface area contributed by atoms with Gasteiger partial charge in [-0.2, -0.15) is 5.10 Å². The SMILES string of the molecule is Cc1[nH]c2cc([N+](=O)[O-])ccc2c1/C=N/Nc1cccc2cccnc12. The van der Waals surface area contributed by atoms with Crippen LogP contribution in [0.25, 0.3) is 21.8 Å². The third-order valence-electron chi connectivity index (χ3n) is 4.24. The van der Waals surface area contributed by atoms with Gasteiger partial charge >= 0.3 is 0 Å². The zero-order valence-electron chi connectivity index (χ0n) is 13.9. The highest BCUT2D eigenvalue weighted by Gasteiger charge is 2.11. The van der Waals surface area contributed by atoms with Crippen LogP contribution in [-0.4, -0.2) is 21.1 Å². The van der Waals surface area contributed by atoms with Gasteiger partial charge in [0, 0.05) is 40.4 Å². The number of H-pyrrole nitrogens is 1. The normalized spacial score (nSPS) is 11.4. The van der Waals surface area contributed by atoms with Gasteiger partial charge in [0.2, 0.25) is 0 Å². The van der Waals surface area contributed by atoms with E-state index in [9.17, 15) is 10.1 Å². The van der Waals surface area contributed by atoms with Gasteiger partial charge in [0.25, 0.3) is 5.69 Å². The number of benzene rings is 2. The molecule has 2 heterocycles. The second kappa shape index (κ2) is 6.29. The smallest absolute Gasteiger partial charge is 0.271 e. The van der Waals surface area contributed by atoms with Crippen LogP contribution in [0.1, 0.15) is 11.3 Å². The van der Waals surface area contributed by atoms with E-state index in [0.29, 0.717) is 5.52 Å². The van der Waals surface area contributed by atoms with Gasteiger partial charge in [-0.3, -0.25) is 20.5 Å². The van der Waals surface area contributed by atoms with Crippen LogP contribution in [0.2, 0.25) is 0 Å². The molecule has 7 nitrogen and oxygen atoms in total. The molecule has 0 amide bonds. The maximum Gasteiger partial charge on any atom is 0.271 e. The summed E-state index contributed by atoms with van der Waals surface area (Å²) >= 11 is 0. The fourth-order valence-corrected chi connectivity index (χ4v) is 2.98. The van der Waals surface area contributed by atoms with E-state index < -0.39 is 4.92 Å². The fourth-order valence-electron chi connectivity index (χ4n) is 2.98. The molecule has 0 atom stereocenters. The Hall–Kier alpha value is -3.74. The third-order valence-corrected chi connectivity index (χ3v) is 4.24. The molecule has 128 valence electrons. The van der Waals surface area contributed by atoms with E-state index in [1.165, 1.54) is 12.1 Å². The van der Waals surface area contributed by atoms with Gasteiger partial charge in [0.15, 0.2) is 0 Å². The third kappa shape index (κ3) is 2.75. The Morgan fingerprint density at radius 1 is 1.23 bits per heavy atom. The van der Waals surface area contributed by atoms with Crippen molar-refractivity contribution >= 4 is 39.4 Å². The highest BCUT2D eigenvalue weighted by atomic mass is 16.6. The molecule has 2 N–H and O–H groups in total. The molecule has 26 heavy (non-hydrogen) atoms. The summed E-state index contributed by atoms with van der Waals surface area (Å²) in [6.07, 6.45) is 3.45. The first-order valence-corrected chi connectivity index (χ1v) is 8.03. The second-order valence-electron chi connectivity index (χ2n) is 5.90. The molecule has 0 unspecified atom stereocenters. The largest absolute Gasteiger partial charge is 0.358 e. The first-order chi connectivity index (χ1) is 12.6. The first-order valence-electron chi connectivity index (χ1n) is 8.03. The summed E-state index contributed by atoms with van der Waals surface area (Å²) in [5.74, 6) is 0. The molecule has 4 aromatic rings. The Morgan fingerprint density at radius 2 is 2.08 bits per heavy atom. The van der Waals surface area contributed by atoms with E-state index in [4.69, 9.17) is 0 Å². The maximum atomic E-state index is 10.9. The fraction of sp³-hybridized carbons (Fsp3) is 0.0526. The van der Waals surface area contributed by atoms with Gasteiger partial charge < -0.3 is 4.98 Å². The molecule has 2 aromatic heterocycles. The number of hydrazone groups is 1. The van der Waals surface area contributed by atoms with Gasteiger partial charge in [-0.25, -0.2) is 0 Å². The van der Waals surface area contributed by atoms with Crippen molar-refractivity contribution < 1.29 is 4.92 Å². The van der Waals surface area contributed by atoms with Gasteiger partial charge in [-0.15, -0.1) is 0 Å². The van der Waals surface area contributed by atoms with Gasteiger partial charge in [0.1, 0.15) is 0 Å². The lowest BCUT2D eigenvalue weighted by atomic mass is 10.1. The summed E-state index contributed by atoms with van der Waals surface area (Å²) in [6.45, 7) is 1.91. The number of rotatable bonds is 4. The number of hydrogen-bond donors (Lipinski definition) is 2. The molecule has 2 aromatic carbocycles. The summed E-state index contributed by atoms with van der Waals surface area (Å²) in [4.78, 5) is 18.1. The van der Waals surface area contributed by atoms with Crippen LogP contribution >= 0.6 is 0 Å². The number of nitrogens with zero attached hydrogens (tertiary/aromatic N) is 3. The number of fused-ring (bicyclic) bond motifs is 2. The second-order valence-corrected chi connectivity index (χ2v) is 5.90. The monoisotopic (exact) mass is 345 g/mol. The molecule has 0 spiro atoms. The predicted molar refractivity (Wildman–Crippen MR) is 103 cm³/mol. The van der Waals surface area contributed by atoms with Crippen molar-refractivity contribution in [2.75, 3.05) is 5.43 Å². The maximum absolute atomic E-state index is 10.9. The number of aromatic nitrogens is 2. The number of non-ortho nitro benzene ring substituents is 1. The van der Waals surface area contributed by atoms with Crippen LogP contribution in [0, 0.1) is 17.0 Å². The van der Waals surface area contributed by atoms with Crippen LogP contribution < -0.4 is 5.43 Å². The number of pyridine rings is 1. The minimum atomic E-state index is -0.404. The van der Waals surface area contributed by atoms with Crippen molar-refractivity contribution in [3.05, 3.63) is 76.1 Å². The van der Waals surface area contributed by atoms with Crippen molar-refractivity contribution in [2.24, 2.45) is 5.10 Å². The Labute approximate surface area is 148 Å². The van der Waals surface area contributed by atoms with E-state index in [1.54, 1.807) is 18.5 Å². The predicted octanol–water partition coefficient (Wildman–Crippen LogP) is 4.38. The van der Waals surface area contributed by atoms with Gasteiger partial charge in [0.05, 0.1) is 27.9 Å². The molecule has 7 heteroatoms. The molecular weight excluding hydrogens is 330 g/mol. The molecule has 0 aliphatic rings. The van der Waals surface area contributed by atoms with Crippen LogP contribution in [0.15, 0.2) is 59.8 Å². The zero-order valence-corrected chi connectivity index (χ0v) is 13.9. The van der Waals surface area contributed by atoms with E-state index in [2.05, 4.69) is 20.5 Å². The Bertz CT molecular complexity index is 1160. The summed E-state index contributed by atoms with van der Waals surface area (Å²) in [7, 11) is 0. The standard InChI is InChI=1S/C19H15N5O2/c1-12-16(15-8-7-14(24(25)26)10-18(15)22-12)11-21-23-17-6-2-4-13-5-3-9-20-19(13)17/h2-11,22-23H,1H3/b21-11+. The summed E-state index contributed by atoms with van der Waals surface area (Å²) in [5, 5.41) is 17.2. The number of nitrogens with one attached hydrogen (secondary N) is 2. The zero-order chi connectivity index (χ0) is 18.1. The lowest BCUT2D eigenvalue weighted by molar-refractivity contribution is -0.384. The topological polar surface area (TPSA) is 96.2 Å². The number of aromatic amines is 1. The number of aryl methyl sites for hydroxylation is 1. The summed E-state index contributed by atoms with van der Waals surface area (Å²) < 4.78 is 0. The number of anilines is 1. The van der Waals surface area contributed by atoms with Crippen molar-refractivity contribution in [3.8, 4) is 0 Å². The molecule has 0 saturated heterocycles. The van der Waals surface area contributed by atoms with Crippen LogP contribution in [-0.2, 0) is 0 Å². The van der Waals surface area contributed by atoms with E-state index in [1.807, 2.05) is 37.3 Å². The lowest BCUT2D eigenvalue weighted by Crippen LogP contribution is -1.93. The van der Waals surface area contributed by atoms with Crippen molar-refractivity contribution in [1.82, 2.24) is 9.97 Å².